The van der Waals surface area contributed by atoms with E-state index in [0.717, 1.165) is 31.7 Å². The number of hydrogen-bond acceptors (Lipinski definition) is 2. The van der Waals surface area contributed by atoms with Gasteiger partial charge >= 0.3 is 5.97 Å². The van der Waals surface area contributed by atoms with Crippen molar-refractivity contribution in [2.24, 2.45) is 5.92 Å². The Hall–Kier alpha value is -0.570. The third-order valence-corrected chi connectivity index (χ3v) is 4.09. The van der Waals surface area contributed by atoms with Crippen molar-refractivity contribution in [1.29, 1.82) is 0 Å². The van der Waals surface area contributed by atoms with Crippen LogP contribution < -0.4 is 0 Å². The maximum Gasteiger partial charge on any atom is 0.320 e. The van der Waals surface area contributed by atoms with Gasteiger partial charge in [0.2, 0.25) is 0 Å². The van der Waals surface area contributed by atoms with Gasteiger partial charge in [0.05, 0.1) is 0 Å². The molecular formula is C13H23NO2. The van der Waals surface area contributed by atoms with E-state index in [1.807, 2.05) is 0 Å². The van der Waals surface area contributed by atoms with Crippen LogP contribution >= 0.6 is 0 Å². The molecule has 0 radical (unpaired) electrons. The number of carboxylic acids is 1. The van der Waals surface area contributed by atoms with E-state index in [-0.39, 0.29) is 6.04 Å². The summed E-state index contributed by atoms with van der Waals surface area (Å²) in [6.07, 6.45) is 8.01. The molecule has 0 aromatic rings. The third-order valence-electron chi connectivity index (χ3n) is 4.09. The van der Waals surface area contributed by atoms with Gasteiger partial charge in [-0.2, -0.15) is 0 Å². The van der Waals surface area contributed by atoms with Gasteiger partial charge in [-0.15, -0.1) is 0 Å². The first-order valence-electron chi connectivity index (χ1n) is 6.72. The Morgan fingerprint density at radius 1 is 1.31 bits per heavy atom. The third kappa shape index (κ3) is 2.57. The molecule has 1 heterocycles. The van der Waals surface area contributed by atoms with Gasteiger partial charge in [0.1, 0.15) is 6.04 Å². The van der Waals surface area contributed by atoms with Crippen LogP contribution in [0.25, 0.3) is 0 Å². The van der Waals surface area contributed by atoms with E-state index in [2.05, 4.69) is 11.8 Å². The highest BCUT2D eigenvalue weighted by molar-refractivity contribution is 5.73. The number of likely N-dealkylation sites (tertiary alicyclic amines) is 1. The molecule has 2 aliphatic rings. The van der Waals surface area contributed by atoms with E-state index in [1.165, 1.54) is 25.7 Å². The highest BCUT2D eigenvalue weighted by Gasteiger charge is 2.39. The molecule has 1 saturated carbocycles. The van der Waals surface area contributed by atoms with Crippen LogP contribution in [0, 0.1) is 5.92 Å². The van der Waals surface area contributed by atoms with E-state index < -0.39 is 5.97 Å². The van der Waals surface area contributed by atoms with Gasteiger partial charge in [0.25, 0.3) is 0 Å². The van der Waals surface area contributed by atoms with E-state index >= 15 is 0 Å². The molecule has 0 aromatic carbocycles. The first kappa shape index (κ1) is 11.9. The number of hydrogen-bond donors (Lipinski definition) is 1. The Morgan fingerprint density at radius 2 is 2.06 bits per heavy atom. The zero-order chi connectivity index (χ0) is 11.5. The van der Waals surface area contributed by atoms with Crippen LogP contribution in [0.3, 0.4) is 0 Å². The van der Waals surface area contributed by atoms with Crippen molar-refractivity contribution in [2.75, 3.05) is 6.54 Å². The van der Waals surface area contributed by atoms with Crippen LogP contribution in [0.15, 0.2) is 0 Å². The quantitative estimate of drug-likeness (QED) is 0.799. The molecular weight excluding hydrogens is 202 g/mol. The number of nitrogens with zero attached hydrogens (tertiary/aromatic N) is 1. The van der Waals surface area contributed by atoms with Crippen molar-refractivity contribution in [3.63, 3.8) is 0 Å². The summed E-state index contributed by atoms with van der Waals surface area (Å²) in [7, 11) is 0. The lowest BCUT2D eigenvalue weighted by molar-refractivity contribution is -0.144. The smallest absolute Gasteiger partial charge is 0.320 e. The summed E-state index contributed by atoms with van der Waals surface area (Å²) in [6.45, 7) is 3.19. The largest absolute Gasteiger partial charge is 0.480 e. The highest BCUT2D eigenvalue weighted by atomic mass is 16.4. The van der Waals surface area contributed by atoms with Crippen LogP contribution in [0.4, 0.5) is 0 Å². The van der Waals surface area contributed by atoms with Crippen LogP contribution in [0.5, 0.6) is 0 Å². The minimum atomic E-state index is -0.610. The van der Waals surface area contributed by atoms with Crippen LogP contribution in [-0.2, 0) is 4.79 Å². The van der Waals surface area contributed by atoms with Gasteiger partial charge in [-0.05, 0) is 44.6 Å². The van der Waals surface area contributed by atoms with E-state index in [4.69, 9.17) is 0 Å². The molecule has 0 spiro atoms. The fourth-order valence-electron chi connectivity index (χ4n) is 3.11. The topological polar surface area (TPSA) is 40.5 Å². The first-order chi connectivity index (χ1) is 7.74. The summed E-state index contributed by atoms with van der Waals surface area (Å²) in [4.78, 5) is 13.6. The molecule has 0 amide bonds. The molecule has 2 rings (SSSR count). The number of rotatable bonds is 4. The zero-order valence-electron chi connectivity index (χ0n) is 10.2. The van der Waals surface area contributed by atoms with E-state index in [1.54, 1.807) is 0 Å². The average molecular weight is 225 g/mol. The molecule has 0 aromatic heterocycles. The molecule has 1 aliphatic heterocycles. The molecule has 1 N–H and O–H groups in total. The fraction of sp³-hybridized carbons (Fsp3) is 0.923. The Kier molecular flexibility index (Phi) is 3.85. The summed E-state index contributed by atoms with van der Waals surface area (Å²) in [6, 6.07) is 0.312. The Morgan fingerprint density at radius 3 is 2.62 bits per heavy atom. The van der Waals surface area contributed by atoms with Crippen molar-refractivity contribution in [2.45, 2.75) is 64.0 Å². The van der Waals surface area contributed by atoms with Crippen molar-refractivity contribution in [3.8, 4) is 0 Å². The minimum absolute atomic E-state index is 0.215. The Labute approximate surface area is 97.8 Å². The molecule has 1 saturated heterocycles. The van der Waals surface area contributed by atoms with Crippen LogP contribution in [-0.4, -0.2) is 34.6 Å². The van der Waals surface area contributed by atoms with Crippen LogP contribution in [0.2, 0.25) is 0 Å². The second-order valence-electron chi connectivity index (χ2n) is 5.25. The summed E-state index contributed by atoms with van der Waals surface area (Å²) in [5, 5.41) is 9.34. The Balaban J connectivity index is 2.08. The molecule has 3 heteroatoms. The van der Waals surface area contributed by atoms with Gasteiger partial charge in [0.15, 0.2) is 0 Å². The molecule has 0 bridgehead atoms. The lowest BCUT2D eigenvalue weighted by atomic mass is 10.0. The van der Waals surface area contributed by atoms with Crippen molar-refractivity contribution in [1.82, 2.24) is 4.90 Å². The summed E-state index contributed by atoms with van der Waals surface area (Å²) in [5.41, 5.74) is 0. The van der Waals surface area contributed by atoms with E-state index in [0.29, 0.717) is 6.04 Å². The number of aliphatic carboxylic acids is 1. The van der Waals surface area contributed by atoms with Gasteiger partial charge in [0, 0.05) is 6.04 Å². The minimum Gasteiger partial charge on any atom is -0.480 e. The molecule has 3 nitrogen and oxygen atoms in total. The van der Waals surface area contributed by atoms with Crippen molar-refractivity contribution >= 4 is 5.97 Å². The Bertz CT molecular complexity index is 250. The van der Waals surface area contributed by atoms with Gasteiger partial charge in [-0.1, -0.05) is 19.8 Å². The van der Waals surface area contributed by atoms with Crippen molar-refractivity contribution < 1.29 is 9.90 Å². The lowest BCUT2D eigenvalue weighted by Gasteiger charge is -2.34. The first-order valence-corrected chi connectivity index (χ1v) is 6.72. The maximum atomic E-state index is 11.3. The standard InChI is InChI=1S/C13H23NO2/c1-2-11(10-7-8-10)14-9-5-3-4-6-12(14)13(15)16/h10-12H,2-9H2,1H3,(H,15,16). The molecule has 2 atom stereocenters. The SMILES string of the molecule is CCC(C1CC1)N1CCCCCC1C(=O)O. The van der Waals surface area contributed by atoms with Gasteiger partial charge in [-0.25, -0.2) is 0 Å². The summed E-state index contributed by atoms with van der Waals surface area (Å²) in [5.74, 6) is 0.172. The van der Waals surface area contributed by atoms with Gasteiger partial charge in [-0.3, -0.25) is 9.69 Å². The monoisotopic (exact) mass is 225 g/mol. The highest BCUT2D eigenvalue weighted by Crippen LogP contribution is 2.38. The predicted molar refractivity (Wildman–Crippen MR) is 63.4 cm³/mol. The number of carboxylic acid groups (broad SMARTS) is 1. The summed E-state index contributed by atoms with van der Waals surface area (Å²) < 4.78 is 0. The predicted octanol–water partition coefficient (Wildman–Crippen LogP) is 2.50. The normalized spacial score (nSPS) is 29.7. The van der Waals surface area contributed by atoms with E-state index in [9.17, 15) is 9.90 Å². The van der Waals surface area contributed by atoms with Crippen LogP contribution in [0.1, 0.15) is 51.9 Å². The molecule has 92 valence electrons. The molecule has 2 unspecified atom stereocenters. The van der Waals surface area contributed by atoms with Gasteiger partial charge < -0.3 is 5.11 Å². The molecule has 1 aliphatic carbocycles. The molecule has 16 heavy (non-hydrogen) atoms. The number of carbonyl (C=O) groups is 1. The lowest BCUT2D eigenvalue weighted by Crippen LogP contribution is -2.47. The zero-order valence-corrected chi connectivity index (χ0v) is 10.2. The fourth-order valence-corrected chi connectivity index (χ4v) is 3.11. The second kappa shape index (κ2) is 5.17. The molecule has 2 fully saturated rings. The van der Waals surface area contributed by atoms with Crippen molar-refractivity contribution in [3.05, 3.63) is 0 Å². The average Bonchev–Trinajstić information content (AvgIpc) is 3.04. The second-order valence-corrected chi connectivity index (χ2v) is 5.25. The maximum absolute atomic E-state index is 11.3. The summed E-state index contributed by atoms with van der Waals surface area (Å²) >= 11 is 0.